The molecule has 3 aromatic heterocycles. The molecule has 0 unspecified atom stereocenters. The van der Waals surface area contributed by atoms with Gasteiger partial charge in [0.05, 0.1) is 19.1 Å². The van der Waals surface area contributed by atoms with Gasteiger partial charge in [0.1, 0.15) is 5.76 Å². The number of amides is 1. The van der Waals surface area contributed by atoms with Gasteiger partial charge in [-0.2, -0.15) is 0 Å². The number of anilines is 1. The maximum absolute atomic E-state index is 13.3. The zero-order valence-electron chi connectivity index (χ0n) is 14.1. The SMILES string of the molecule is Cc1ccc(N(Cc2ccco2)C(=O)c2ncoc2-c2ccco2)cc1. The van der Waals surface area contributed by atoms with E-state index in [9.17, 15) is 4.79 Å². The first kappa shape index (κ1) is 16.0. The zero-order chi connectivity index (χ0) is 17.9. The van der Waals surface area contributed by atoms with E-state index in [-0.39, 0.29) is 18.1 Å². The normalized spacial score (nSPS) is 10.8. The first-order chi connectivity index (χ1) is 12.7. The van der Waals surface area contributed by atoms with Crippen LogP contribution in [-0.4, -0.2) is 10.9 Å². The fraction of sp³-hybridized carbons (Fsp3) is 0.100. The van der Waals surface area contributed by atoms with E-state index < -0.39 is 0 Å². The van der Waals surface area contributed by atoms with Gasteiger partial charge in [0.25, 0.3) is 5.91 Å². The molecular formula is C20H16N2O4. The van der Waals surface area contributed by atoms with Crippen LogP contribution in [0.25, 0.3) is 11.5 Å². The fourth-order valence-corrected chi connectivity index (χ4v) is 2.67. The largest absolute Gasteiger partial charge is 0.467 e. The topological polar surface area (TPSA) is 72.6 Å². The Morgan fingerprint density at radius 3 is 2.46 bits per heavy atom. The number of hydrogen-bond donors (Lipinski definition) is 0. The van der Waals surface area contributed by atoms with E-state index in [1.165, 1.54) is 12.7 Å². The van der Waals surface area contributed by atoms with E-state index in [4.69, 9.17) is 13.3 Å². The number of aromatic nitrogens is 1. The maximum atomic E-state index is 13.3. The lowest BCUT2D eigenvalue weighted by molar-refractivity contribution is 0.0979. The van der Waals surface area contributed by atoms with Gasteiger partial charge in [-0.05, 0) is 43.3 Å². The summed E-state index contributed by atoms with van der Waals surface area (Å²) in [5.41, 5.74) is 2.04. The summed E-state index contributed by atoms with van der Waals surface area (Å²) in [6.45, 7) is 2.27. The average molecular weight is 348 g/mol. The van der Waals surface area contributed by atoms with Crippen LogP contribution >= 0.6 is 0 Å². The van der Waals surface area contributed by atoms with Crippen molar-refractivity contribution in [3.8, 4) is 11.5 Å². The molecule has 0 aliphatic carbocycles. The molecule has 0 saturated carbocycles. The molecule has 0 spiro atoms. The summed E-state index contributed by atoms with van der Waals surface area (Å²) in [6.07, 6.45) is 4.34. The van der Waals surface area contributed by atoms with Gasteiger partial charge in [-0.1, -0.05) is 17.7 Å². The third-order valence-corrected chi connectivity index (χ3v) is 4.00. The lowest BCUT2D eigenvalue weighted by Crippen LogP contribution is -2.31. The van der Waals surface area contributed by atoms with Crippen molar-refractivity contribution in [2.75, 3.05) is 4.90 Å². The monoisotopic (exact) mass is 348 g/mol. The number of oxazole rings is 1. The van der Waals surface area contributed by atoms with Crippen LogP contribution in [0, 0.1) is 6.92 Å². The highest BCUT2D eigenvalue weighted by atomic mass is 16.4. The highest BCUT2D eigenvalue weighted by Crippen LogP contribution is 2.27. The Morgan fingerprint density at radius 1 is 1.00 bits per heavy atom. The summed E-state index contributed by atoms with van der Waals surface area (Å²) < 4.78 is 16.2. The van der Waals surface area contributed by atoms with E-state index in [0.717, 1.165) is 11.3 Å². The highest BCUT2D eigenvalue weighted by Gasteiger charge is 2.27. The molecule has 0 saturated heterocycles. The minimum Gasteiger partial charge on any atom is -0.467 e. The van der Waals surface area contributed by atoms with Gasteiger partial charge in [0.2, 0.25) is 5.76 Å². The van der Waals surface area contributed by atoms with Crippen molar-refractivity contribution in [3.05, 3.63) is 84.5 Å². The molecule has 6 nitrogen and oxygen atoms in total. The Bertz CT molecular complexity index is 983. The quantitative estimate of drug-likeness (QED) is 0.523. The Labute approximate surface area is 149 Å². The van der Waals surface area contributed by atoms with E-state index in [1.807, 2.05) is 37.3 Å². The Kier molecular flexibility index (Phi) is 4.15. The summed E-state index contributed by atoms with van der Waals surface area (Å²) in [4.78, 5) is 19.0. The van der Waals surface area contributed by atoms with Crippen LogP contribution in [0.5, 0.6) is 0 Å². The van der Waals surface area contributed by atoms with Crippen LogP contribution in [0.1, 0.15) is 21.8 Å². The molecular weight excluding hydrogens is 332 g/mol. The molecule has 1 amide bonds. The van der Waals surface area contributed by atoms with Crippen LogP contribution in [0.15, 0.2) is 80.7 Å². The molecule has 6 heteroatoms. The first-order valence-corrected chi connectivity index (χ1v) is 8.10. The summed E-state index contributed by atoms with van der Waals surface area (Å²) >= 11 is 0. The zero-order valence-corrected chi connectivity index (χ0v) is 14.1. The number of carbonyl (C=O) groups excluding carboxylic acids is 1. The van der Waals surface area contributed by atoms with Crippen molar-refractivity contribution in [2.45, 2.75) is 13.5 Å². The minimum absolute atomic E-state index is 0.187. The molecule has 4 aromatic rings. The van der Waals surface area contributed by atoms with Crippen LogP contribution in [-0.2, 0) is 6.54 Å². The van der Waals surface area contributed by atoms with E-state index in [0.29, 0.717) is 17.3 Å². The fourth-order valence-electron chi connectivity index (χ4n) is 2.67. The Hall–Kier alpha value is -3.54. The summed E-state index contributed by atoms with van der Waals surface area (Å²) in [7, 11) is 0. The standard InChI is InChI=1S/C20H16N2O4/c1-14-6-8-15(9-7-14)22(12-16-4-2-10-24-16)20(23)18-19(26-13-21-18)17-5-3-11-25-17/h2-11,13H,12H2,1H3. The van der Waals surface area contributed by atoms with Crippen molar-refractivity contribution >= 4 is 11.6 Å². The predicted molar refractivity (Wildman–Crippen MR) is 94.6 cm³/mol. The van der Waals surface area contributed by atoms with Gasteiger partial charge >= 0.3 is 0 Å². The number of rotatable bonds is 5. The molecule has 1 aromatic carbocycles. The van der Waals surface area contributed by atoms with E-state index >= 15 is 0 Å². The van der Waals surface area contributed by atoms with Gasteiger partial charge in [-0.15, -0.1) is 0 Å². The van der Waals surface area contributed by atoms with Gasteiger partial charge in [0, 0.05) is 5.69 Å². The summed E-state index contributed by atoms with van der Waals surface area (Å²) in [6, 6.07) is 14.8. The van der Waals surface area contributed by atoms with Crippen LogP contribution in [0.4, 0.5) is 5.69 Å². The van der Waals surface area contributed by atoms with Crippen molar-refractivity contribution in [2.24, 2.45) is 0 Å². The second-order valence-electron chi connectivity index (χ2n) is 5.81. The Balaban J connectivity index is 1.73. The van der Waals surface area contributed by atoms with Gasteiger partial charge in [-0.25, -0.2) is 4.98 Å². The predicted octanol–water partition coefficient (Wildman–Crippen LogP) is 4.68. The van der Waals surface area contributed by atoms with Crippen molar-refractivity contribution in [1.82, 2.24) is 4.98 Å². The molecule has 0 fully saturated rings. The lowest BCUT2D eigenvalue weighted by atomic mass is 10.2. The molecule has 26 heavy (non-hydrogen) atoms. The number of aryl methyl sites for hydroxylation is 1. The van der Waals surface area contributed by atoms with Crippen molar-refractivity contribution < 1.29 is 18.0 Å². The number of furan rings is 2. The van der Waals surface area contributed by atoms with Gasteiger partial charge < -0.3 is 13.3 Å². The molecule has 3 heterocycles. The number of benzene rings is 1. The average Bonchev–Trinajstić information content (AvgIpc) is 3.41. The number of hydrogen-bond acceptors (Lipinski definition) is 5. The highest BCUT2D eigenvalue weighted by molar-refractivity contribution is 6.07. The second kappa shape index (κ2) is 6.76. The summed E-state index contributed by atoms with van der Waals surface area (Å²) in [5, 5.41) is 0. The Morgan fingerprint density at radius 2 is 1.77 bits per heavy atom. The van der Waals surface area contributed by atoms with Crippen molar-refractivity contribution in [3.63, 3.8) is 0 Å². The van der Waals surface area contributed by atoms with Gasteiger partial charge in [0.15, 0.2) is 17.8 Å². The number of carbonyl (C=O) groups is 1. The summed E-state index contributed by atoms with van der Waals surface area (Å²) in [5.74, 6) is 1.12. The third-order valence-electron chi connectivity index (χ3n) is 4.00. The molecule has 0 radical (unpaired) electrons. The molecule has 0 atom stereocenters. The molecule has 130 valence electrons. The molecule has 4 rings (SSSR count). The van der Waals surface area contributed by atoms with Crippen LogP contribution in [0.3, 0.4) is 0 Å². The lowest BCUT2D eigenvalue weighted by Gasteiger charge is -2.21. The minimum atomic E-state index is -0.301. The third kappa shape index (κ3) is 3.04. The first-order valence-electron chi connectivity index (χ1n) is 8.10. The molecule has 0 N–H and O–H groups in total. The maximum Gasteiger partial charge on any atom is 0.281 e. The molecule has 0 aliphatic heterocycles. The van der Waals surface area contributed by atoms with Gasteiger partial charge in [-0.3, -0.25) is 9.69 Å². The molecule has 0 aliphatic rings. The smallest absolute Gasteiger partial charge is 0.281 e. The molecule has 0 bridgehead atoms. The van der Waals surface area contributed by atoms with E-state index in [1.54, 1.807) is 29.4 Å². The second-order valence-corrected chi connectivity index (χ2v) is 5.81. The van der Waals surface area contributed by atoms with Crippen LogP contribution in [0.2, 0.25) is 0 Å². The number of nitrogens with zero attached hydrogens (tertiary/aromatic N) is 2. The van der Waals surface area contributed by atoms with Crippen molar-refractivity contribution in [1.29, 1.82) is 0 Å². The van der Waals surface area contributed by atoms with Crippen LogP contribution < -0.4 is 4.90 Å². The van der Waals surface area contributed by atoms with E-state index in [2.05, 4.69) is 4.98 Å².